The smallest absolute Gasteiger partial charge is 0.240 e. The second-order valence-corrected chi connectivity index (χ2v) is 6.84. The normalized spacial score (nSPS) is 13.3. The molecule has 2 N–H and O–H groups in total. The first-order valence-corrected chi connectivity index (χ1v) is 8.86. The maximum Gasteiger partial charge on any atom is 0.240 e. The van der Waals surface area contributed by atoms with Crippen LogP contribution in [0.2, 0.25) is 5.02 Å². The Kier molecular flexibility index (Phi) is 7.62. The van der Waals surface area contributed by atoms with Crippen LogP contribution in [0.25, 0.3) is 0 Å². The van der Waals surface area contributed by atoms with Crippen molar-refractivity contribution < 1.29 is 13.2 Å². The van der Waals surface area contributed by atoms with Gasteiger partial charge in [-0.1, -0.05) is 18.5 Å². The molecule has 120 valence electrons. The topological polar surface area (TPSA) is 67.4 Å². The van der Waals surface area contributed by atoms with E-state index in [-0.39, 0.29) is 10.9 Å². The third-order valence-corrected chi connectivity index (χ3v) is 4.78. The van der Waals surface area contributed by atoms with Crippen molar-refractivity contribution in [1.29, 1.82) is 0 Å². The van der Waals surface area contributed by atoms with Crippen molar-refractivity contribution in [2.24, 2.45) is 0 Å². The summed E-state index contributed by atoms with van der Waals surface area (Å²) in [6, 6.07) is 4.42. The van der Waals surface area contributed by atoms with Gasteiger partial charge in [0, 0.05) is 24.2 Å². The summed E-state index contributed by atoms with van der Waals surface area (Å²) in [5.74, 6) is 0. The molecule has 1 atom stereocenters. The molecule has 0 spiro atoms. The van der Waals surface area contributed by atoms with Crippen LogP contribution in [-0.2, 0) is 21.3 Å². The van der Waals surface area contributed by atoms with Crippen LogP contribution < -0.4 is 10.0 Å². The molecular weight excluding hydrogens is 312 g/mol. The fourth-order valence-corrected chi connectivity index (χ4v) is 3.24. The maximum absolute atomic E-state index is 12.3. The van der Waals surface area contributed by atoms with Crippen molar-refractivity contribution in [3.8, 4) is 0 Å². The van der Waals surface area contributed by atoms with Crippen LogP contribution in [0.1, 0.15) is 26.3 Å². The van der Waals surface area contributed by atoms with Gasteiger partial charge in [0.1, 0.15) is 0 Å². The zero-order valence-electron chi connectivity index (χ0n) is 12.6. The molecule has 0 amide bonds. The van der Waals surface area contributed by atoms with Crippen LogP contribution in [0, 0.1) is 0 Å². The van der Waals surface area contributed by atoms with Crippen molar-refractivity contribution in [2.75, 3.05) is 19.8 Å². The third kappa shape index (κ3) is 5.92. The summed E-state index contributed by atoms with van der Waals surface area (Å²) in [5.41, 5.74) is 0.763. The number of hydrogen-bond acceptors (Lipinski definition) is 4. The average Bonchev–Trinajstić information content (AvgIpc) is 2.43. The minimum absolute atomic E-state index is 0.211. The second-order valence-electron chi connectivity index (χ2n) is 4.72. The van der Waals surface area contributed by atoms with Crippen molar-refractivity contribution in [1.82, 2.24) is 10.0 Å². The fraction of sp³-hybridized carbons (Fsp3) is 0.571. The number of rotatable bonds is 9. The van der Waals surface area contributed by atoms with E-state index in [0.29, 0.717) is 24.8 Å². The lowest BCUT2D eigenvalue weighted by atomic mass is 10.2. The predicted octanol–water partition coefficient (Wildman–Crippen LogP) is 2.15. The van der Waals surface area contributed by atoms with Gasteiger partial charge in [-0.2, -0.15) is 0 Å². The van der Waals surface area contributed by atoms with Crippen molar-refractivity contribution >= 4 is 21.6 Å². The molecule has 0 aliphatic heterocycles. The second kappa shape index (κ2) is 8.70. The van der Waals surface area contributed by atoms with E-state index in [9.17, 15) is 8.42 Å². The van der Waals surface area contributed by atoms with Gasteiger partial charge in [-0.3, -0.25) is 0 Å². The van der Waals surface area contributed by atoms with Crippen LogP contribution in [0.15, 0.2) is 23.1 Å². The molecule has 1 aromatic carbocycles. The van der Waals surface area contributed by atoms with Crippen molar-refractivity contribution in [2.45, 2.75) is 38.3 Å². The van der Waals surface area contributed by atoms with Gasteiger partial charge >= 0.3 is 0 Å². The Morgan fingerprint density at radius 1 is 1.33 bits per heavy atom. The molecule has 7 heteroatoms. The molecule has 0 radical (unpaired) electrons. The molecule has 0 aromatic heterocycles. The molecule has 1 aromatic rings. The van der Waals surface area contributed by atoms with Gasteiger partial charge < -0.3 is 10.1 Å². The van der Waals surface area contributed by atoms with Gasteiger partial charge in [-0.05, 0) is 44.2 Å². The van der Waals surface area contributed by atoms with E-state index in [4.69, 9.17) is 16.3 Å². The molecule has 21 heavy (non-hydrogen) atoms. The van der Waals surface area contributed by atoms with Crippen LogP contribution >= 0.6 is 11.6 Å². The lowest BCUT2D eigenvalue weighted by Gasteiger charge is -2.15. The van der Waals surface area contributed by atoms with E-state index in [1.54, 1.807) is 19.1 Å². The number of benzene rings is 1. The largest absolute Gasteiger partial charge is 0.380 e. The van der Waals surface area contributed by atoms with Crippen LogP contribution in [0.3, 0.4) is 0 Å². The quantitative estimate of drug-likeness (QED) is 0.726. The standard InChI is InChI=1S/C14H23ClN2O3S/c1-4-16-9-12-8-13(6-7-14(12)15)21(18,19)17-11(3)10-20-5-2/h6-8,11,16-17H,4-5,9-10H2,1-3H3. The van der Waals surface area contributed by atoms with Gasteiger partial charge in [0.2, 0.25) is 10.0 Å². The SMILES string of the molecule is CCNCc1cc(S(=O)(=O)NC(C)COCC)ccc1Cl. The Morgan fingerprint density at radius 3 is 2.67 bits per heavy atom. The highest BCUT2D eigenvalue weighted by molar-refractivity contribution is 7.89. The summed E-state index contributed by atoms with van der Waals surface area (Å²) in [5, 5.41) is 3.69. The summed E-state index contributed by atoms with van der Waals surface area (Å²) in [6.45, 7) is 7.83. The Balaban J connectivity index is 2.87. The average molecular weight is 335 g/mol. The molecule has 0 bridgehead atoms. The van der Waals surface area contributed by atoms with Crippen molar-refractivity contribution in [3.63, 3.8) is 0 Å². The van der Waals surface area contributed by atoms with Gasteiger partial charge in [0.15, 0.2) is 0 Å². The highest BCUT2D eigenvalue weighted by Crippen LogP contribution is 2.20. The first kappa shape index (κ1) is 18.4. The Bertz CT molecular complexity index is 549. The maximum atomic E-state index is 12.3. The molecule has 0 aliphatic rings. The molecule has 0 aliphatic carbocycles. The first-order valence-electron chi connectivity index (χ1n) is 7.00. The molecule has 0 heterocycles. The lowest BCUT2D eigenvalue weighted by Crippen LogP contribution is -2.36. The number of ether oxygens (including phenoxy) is 1. The van der Waals surface area contributed by atoms with E-state index in [1.807, 2.05) is 13.8 Å². The zero-order chi connectivity index (χ0) is 15.9. The van der Waals surface area contributed by atoms with Gasteiger partial charge in [-0.15, -0.1) is 0 Å². The van der Waals surface area contributed by atoms with E-state index >= 15 is 0 Å². The minimum atomic E-state index is -3.57. The van der Waals surface area contributed by atoms with E-state index in [1.165, 1.54) is 6.07 Å². The monoisotopic (exact) mass is 334 g/mol. The molecule has 0 saturated heterocycles. The highest BCUT2D eigenvalue weighted by Gasteiger charge is 2.18. The molecule has 5 nitrogen and oxygen atoms in total. The zero-order valence-corrected chi connectivity index (χ0v) is 14.2. The Labute approximate surface area is 132 Å². The summed E-state index contributed by atoms with van der Waals surface area (Å²) >= 11 is 6.08. The summed E-state index contributed by atoms with van der Waals surface area (Å²) in [7, 11) is -3.57. The third-order valence-electron chi connectivity index (χ3n) is 2.82. The van der Waals surface area contributed by atoms with Gasteiger partial charge in [-0.25, -0.2) is 13.1 Å². The molecule has 0 fully saturated rings. The van der Waals surface area contributed by atoms with E-state index < -0.39 is 10.0 Å². The van der Waals surface area contributed by atoms with E-state index in [2.05, 4.69) is 10.0 Å². The Hall–Kier alpha value is -0.660. The number of halogens is 1. The van der Waals surface area contributed by atoms with Crippen molar-refractivity contribution in [3.05, 3.63) is 28.8 Å². The van der Waals surface area contributed by atoms with E-state index in [0.717, 1.165) is 12.1 Å². The number of hydrogen-bond donors (Lipinski definition) is 2. The van der Waals surface area contributed by atoms with Gasteiger partial charge in [0.05, 0.1) is 11.5 Å². The highest BCUT2D eigenvalue weighted by atomic mass is 35.5. The Morgan fingerprint density at radius 2 is 2.05 bits per heavy atom. The summed E-state index contributed by atoms with van der Waals surface area (Å²) < 4.78 is 32.4. The predicted molar refractivity (Wildman–Crippen MR) is 85.1 cm³/mol. The fourth-order valence-electron chi connectivity index (χ4n) is 1.77. The summed E-state index contributed by atoms with van der Waals surface area (Å²) in [6.07, 6.45) is 0. The minimum Gasteiger partial charge on any atom is -0.380 e. The van der Waals surface area contributed by atoms with Crippen LogP contribution in [-0.4, -0.2) is 34.2 Å². The molecule has 1 unspecified atom stereocenters. The lowest BCUT2D eigenvalue weighted by molar-refractivity contribution is 0.133. The first-order chi connectivity index (χ1) is 9.90. The summed E-state index contributed by atoms with van der Waals surface area (Å²) in [4.78, 5) is 0.211. The molecule has 1 rings (SSSR count). The molecule has 0 saturated carbocycles. The van der Waals surface area contributed by atoms with Crippen LogP contribution in [0.4, 0.5) is 0 Å². The number of sulfonamides is 1. The number of nitrogens with one attached hydrogen (secondary N) is 2. The van der Waals surface area contributed by atoms with Gasteiger partial charge in [0.25, 0.3) is 0 Å². The van der Waals surface area contributed by atoms with Crippen LogP contribution in [0.5, 0.6) is 0 Å². The molecular formula is C14H23ClN2O3S.